The molecule has 3 amide bonds. The van der Waals surface area contributed by atoms with E-state index in [1.807, 2.05) is 36.1 Å². The second kappa shape index (κ2) is 9.01. The molecule has 3 fully saturated rings. The molecule has 3 aliphatic rings. The van der Waals surface area contributed by atoms with Crippen LogP contribution in [-0.2, 0) is 14.4 Å². The van der Waals surface area contributed by atoms with Gasteiger partial charge in [0.1, 0.15) is 0 Å². The summed E-state index contributed by atoms with van der Waals surface area (Å²) in [5.41, 5.74) is 2.01. The van der Waals surface area contributed by atoms with E-state index >= 15 is 0 Å². The average Bonchev–Trinajstić information content (AvgIpc) is 3.14. The lowest BCUT2D eigenvalue weighted by molar-refractivity contribution is -0.144. The number of rotatable bonds is 3. The molecule has 0 aliphatic carbocycles. The summed E-state index contributed by atoms with van der Waals surface area (Å²) in [5, 5.41) is 0. The highest BCUT2D eigenvalue weighted by atomic mass is 16.2. The van der Waals surface area contributed by atoms with Crippen LogP contribution in [0, 0.1) is 30.6 Å². The van der Waals surface area contributed by atoms with Crippen LogP contribution in [0.1, 0.15) is 45.1 Å². The average molecular weight is 426 g/mol. The number of anilines is 1. The summed E-state index contributed by atoms with van der Waals surface area (Å²) in [6, 6.07) is 7.87. The Bertz CT molecular complexity index is 819. The normalized spacial score (nSPS) is 27.6. The molecule has 6 heteroatoms. The first-order valence-electron chi connectivity index (χ1n) is 11.8. The van der Waals surface area contributed by atoms with Gasteiger partial charge in [-0.3, -0.25) is 14.4 Å². The summed E-state index contributed by atoms with van der Waals surface area (Å²) >= 11 is 0. The lowest BCUT2D eigenvalue weighted by Crippen LogP contribution is -2.49. The zero-order valence-corrected chi connectivity index (χ0v) is 19.0. The Morgan fingerprint density at radius 1 is 0.839 bits per heavy atom. The highest BCUT2D eigenvalue weighted by Crippen LogP contribution is 2.29. The highest BCUT2D eigenvalue weighted by Gasteiger charge is 2.39. The standard InChI is InChI=1S/C25H35N3O3/c1-17-4-6-22(7-5-17)28-16-21(13-23(28)29)25(31)26-10-8-20(9-11-26)24(30)27-14-18(2)12-19(3)15-27/h4-7,18-21H,8-16H2,1-3H3/t18-,19-,21+/m1/s1. The second-order valence-electron chi connectivity index (χ2n) is 10.0. The molecule has 168 valence electrons. The molecule has 0 radical (unpaired) electrons. The monoisotopic (exact) mass is 425 g/mol. The number of amides is 3. The Morgan fingerprint density at radius 3 is 2.03 bits per heavy atom. The molecule has 3 atom stereocenters. The van der Waals surface area contributed by atoms with Crippen molar-refractivity contribution in [2.45, 2.75) is 46.5 Å². The predicted molar refractivity (Wildman–Crippen MR) is 120 cm³/mol. The third-order valence-electron chi connectivity index (χ3n) is 7.16. The molecule has 3 saturated heterocycles. The van der Waals surface area contributed by atoms with E-state index < -0.39 is 0 Å². The van der Waals surface area contributed by atoms with Gasteiger partial charge >= 0.3 is 0 Å². The van der Waals surface area contributed by atoms with Gasteiger partial charge in [-0.05, 0) is 50.2 Å². The van der Waals surface area contributed by atoms with Crippen LogP contribution < -0.4 is 4.90 Å². The number of hydrogen-bond donors (Lipinski definition) is 0. The summed E-state index contributed by atoms with van der Waals surface area (Å²) < 4.78 is 0. The first-order valence-corrected chi connectivity index (χ1v) is 11.8. The Labute approximate surface area is 185 Å². The van der Waals surface area contributed by atoms with Gasteiger partial charge in [-0.25, -0.2) is 0 Å². The summed E-state index contributed by atoms with van der Waals surface area (Å²) in [5.74, 6) is 1.21. The van der Waals surface area contributed by atoms with E-state index in [2.05, 4.69) is 18.7 Å². The van der Waals surface area contributed by atoms with E-state index in [0.29, 0.717) is 31.5 Å². The summed E-state index contributed by atoms with van der Waals surface area (Å²) in [7, 11) is 0. The Kier molecular flexibility index (Phi) is 6.35. The van der Waals surface area contributed by atoms with Crippen molar-refractivity contribution in [2.24, 2.45) is 23.7 Å². The van der Waals surface area contributed by atoms with Crippen LogP contribution >= 0.6 is 0 Å². The minimum atomic E-state index is -0.287. The molecular formula is C25H35N3O3. The fourth-order valence-electron chi connectivity index (χ4n) is 5.55. The molecule has 1 aromatic rings. The van der Waals surface area contributed by atoms with Gasteiger partial charge in [0.2, 0.25) is 17.7 Å². The maximum Gasteiger partial charge on any atom is 0.228 e. The van der Waals surface area contributed by atoms with Crippen LogP contribution in [0.15, 0.2) is 24.3 Å². The molecule has 0 saturated carbocycles. The van der Waals surface area contributed by atoms with Crippen molar-refractivity contribution in [3.63, 3.8) is 0 Å². The lowest BCUT2D eigenvalue weighted by Gasteiger charge is -2.39. The maximum atomic E-state index is 13.1. The molecule has 3 aliphatic heterocycles. The largest absolute Gasteiger partial charge is 0.342 e. The number of nitrogens with zero attached hydrogens (tertiary/aromatic N) is 3. The van der Waals surface area contributed by atoms with Gasteiger partial charge in [0.25, 0.3) is 0 Å². The summed E-state index contributed by atoms with van der Waals surface area (Å²) in [6.07, 6.45) is 2.92. The van der Waals surface area contributed by atoms with Gasteiger partial charge in [-0.2, -0.15) is 0 Å². The number of carbonyl (C=O) groups excluding carboxylic acids is 3. The number of benzene rings is 1. The van der Waals surface area contributed by atoms with Crippen LogP contribution in [0.25, 0.3) is 0 Å². The van der Waals surface area contributed by atoms with Crippen LogP contribution in [-0.4, -0.2) is 60.2 Å². The van der Waals surface area contributed by atoms with Crippen molar-refractivity contribution in [2.75, 3.05) is 37.6 Å². The van der Waals surface area contributed by atoms with E-state index in [0.717, 1.165) is 37.2 Å². The number of carbonyl (C=O) groups is 3. The Balaban J connectivity index is 1.31. The van der Waals surface area contributed by atoms with Gasteiger partial charge in [-0.15, -0.1) is 0 Å². The van der Waals surface area contributed by atoms with Gasteiger partial charge < -0.3 is 14.7 Å². The third-order valence-corrected chi connectivity index (χ3v) is 7.16. The second-order valence-corrected chi connectivity index (χ2v) is 10.0. The first kappa shape index (κ1) is 21.8. The van der Waals surface area contributed by atoms with Crippen LogP contribution in [0.3, 0.4) is 0 Å². The smallest absolute Gasteiger partial charge is 0.228 e. The van der Waals surface area contributed by atoms with Gasteiger partial charge in [0.15, 0.2) is 0 Å². The van der Waals surface area contributed by atoms with Gasteiger partial charge in [0, 0.05) is 50.7 Å². The topological polar surface area (TPSA) is 60.9 Å². The van der Waals surface area contributed by atoms with Crippen molar-refractivity contribution in [3.05, 3.63) is 29.8 Å². The Morgan fingerprint density at radius 2 is 1.42 bits per heavy atom. The quantitative estimate of drug-likeness (QED) is 0.748. The minimum Gasteiger partial charge on any atom is -0.342 e. The predicted octanol–water partition coefficient (Wildman–Crippen LogP) is 3.09. The molecule has 4 rings (SSSR count). The van der Waals surface area contributed by atoms with E-state index in [4.69, 9.17) is 0 Å². The molecular weight excluding hydrogens is 390 g/mol. The Hall–Kier alpha value is -2.37. The first-order chi connectivity index (χ1) is 14.8. The molecule has 0 N–H and O–H groups in total. The fraction of sp³-hybridized carbons (Fsp3) is 0.640. The zero-order chi connectivity index (χ0) is 22.1. The van der Waals surface area contributed by atoms with Crippen molar-refractivity contribution in [3.8, 4) is 0 Å². The van der Waals surface area contributed by atoms with E-state index in [1.54, 1.807) is 4.90 Å². The van der Waals surface area contributed by atoms with Crippen molar-refractivity contribution in [1.29, 1.82) is 0 Å². The van der Waals surface area contributed by atoms with Crippen LogP contribution in [0.2, 0.25) is 0 Å². The number of aryl methyl sites for hydroxylation is 1. The molecule has 0 spiro atoms. The van der Waals surface area contributed by atoms with Crippen molar-refractivity contribution >= 4 is 23.4 Å². The zero-order valence-electron chi connectivity index (χ0n) is 19.0. The third kappa shape index (κ3) is 4.78. The van der Waals surface area contributed by atoms with Gasteiger partial charge in [-0.1, -0.05) is 31.5 Å². The van der Waals surface area contributed by atoms with Crippen LogP contribution in [0.4, 0.5) is 5.69 Å². The molecule has 3 heterocycles. The molecule has 1 aromatic carbocycles. The molecule has 0 aromatic heterocycles. The number of piperidine rings is 2. The van der Waals surface area contributed by atoms with Gasteiger partial charge in [0.05, 0.1) is 5.92 Å². The van der Waals surface area contributed by atoms with Crippen LogP contribution in [0.5, 0.6) is 0 Å². The SMILES string of the molecule is Cc1ccc(N2C[C@@H](C(=O)N3CCC(C(=O)N4C[C@H](C)C[C@@H](C)C4)CC3)CC2=O)cc1. The lowest BCUT2D eigenvalue weighted by atomic mass is 9.89. The molecule has 6 nitrogen and oxygen atoms in total. The van der Waals surface area contributed by atoms with E-state index in [1.165, 1.54) is 6.42 Å². The minimum absolute atomic E-state index is 0.0144. The summed E-state index contributed by atoms with van der Waals surface area (Å²) in [4.78, 5) is 44.3. The van der Waals surface area contributed by atoms with Crippen molar-refractivity contribution < 1.29 is 14.4 Å². The molecule has 0 unspecified atom stereocenters. The highest BCUT2D eigenvalue weighted by molar-refractivity contribution is 6.00. The van der Waals surface area contributed by atoms with Crippen molar-refractivity contribution in [1.82, 2.24) is 9.80 Å². The molecule has 0 bridgehead atoms. The van der Waals surface area contributed by atoms with E-state index in [-0.39, 0.29) is 36.0 Å². The fourth-order valence-corrected chi connectivity index (χ4v) is 5.55. The number of likely N-dealkylation sites (tertiary alicyclic amines) is 2. The van der Waals surface area contributed by atoms with E-state index in [9.17, 15) is 14.4 Å². The number of hydrogen-bond acceptors (Lipinski definition) is 3. The molecule has 31 heavy (non-hydrogen) atoms. The summed E-state index contributed by atoms with van der Waals surface area (Å²) in [6.45, 7) is 9.86. The maximum absolute atomic E-state index is 13.1.